The maximum atomic E-state index is 12.5. The number of ether oxygens (including phenoxy) is 1. The van der Waals surface area contributed by atoms with E-state index in [2.05, 4.69) is 20.2 Å². The number of rotatable bonds is 7. The number of nitrogens with one attached hydrogen (secondary N) is 2. The van der Waals surface area contributed by atoms with Gasteiger partial charge in [-0.2, -0.15) is 0 Å². The van der Waals surface area contributed by atoms with Crippen molar-refractivity contribution < 1.29 is 17.9 Å². The maximum Gasteiger partial charge on any atom is 0.263 e. The van der Waals surface area contributed by atoms with Crippen LogP contribution < -0.4 is 14.8 Å². The van der Waals surface area contributed by atoms with Crippen LogP contribution in [-0.4, -0.2) is 43.9 Å². The summed E-state index contributed by atoms with van der Waals surface area (Å²) in [6.45, 7) is 4.02. The van der Waals surface area contributed by atoms with Crippen LogP contribution in [0.25, 0.3) is 0 Å². The Labute approximate surface area is 154 Å². The fraction of sp³-hybridized carbons (Fsp3) is 0.357. The molecular weight excluding hydrogens is 384 g/mol. The lowest BCUT2D eigenvalue weighted by Crippen LogP contribution is -2.20. The van der Waals surface area contributed by atoms with Gasteiger partial charge in [-0.15, -0.1) is 10.2 Å². The van der Waals surface area contributed by atoms with E-state index in [1.165, 1.54) is 44.1 Å². The molecule has 1 aromatic carbocycles. The number of hydrogen-bond acceptors (Lipinski definition) is 8. The Morgan fingerprint density at radius 1 is 1.32 bits per heavy atom. The first-order valence-electron chi connectivity index (χ1n) is 7.20. The van der Waals surface area contributed by atoms with Gasteiger partial charge in [0.1, 0.15) is 5.75 Å². The summed E-state index contributed by atoms with van der Waals surface area (Å²) in [6.07, 6.45) is 0. The number of carbonyl (C=O) groups excluding carboxylic acids is 1. The Bertz CT molecular complexity index is 865. The van der Waals surface area contributed by atoms with E-state index in [-0.39, 0.29) is 21.3 Å². The molecule has 11 heteroatoms. The van der Waals surface area contributed by atoms with E-state index in [0.29, 0.717) is 9.59 Å². The summed E-state index contributed by atoms with van der Waals surface area (Å²) in [5, 5.41) is 10.7. The van der Waals surface area contributed by atoms with Gasteiger partial charge in [-0.1, -0.05) is 36.9 Å². The third-order valence-corrected chi connectivity index (χ3v) is 6.31. The van der Waals surface area contributed by atoms with Crippen LogP contribution in [0.15, 0.2) is 27.4 Å². The lowest BCUT2D eigenvalue weighted by Gasteiger charge is -2.10. The van der Waals surface area contributed by atoms with E-state index >= 15 is 0 Å². The number of aromatic nitrogens is 2. The van der Waals surface area contributed by atoms with Gasteiger partial charge in [0, 0.05) is 12.3 Å². The van der Waals surface area contributed by atoms with Crippen LogP contribution in [0.2, 0.25) is 0 Å². The van der Waals surface area contributed by atoms with Crippen molar-refractivity contribution in [2.45, 2.75) is 28.3 Å². The van der Waals surface area contributed by atoms with E-state index in [1.54, 1.807) is 0 Å². The number of nitrogens with zero attached hydrogens (tertiary/aromatic N) is 2. The normalized spacial score (nSPS) is 11.4. The van der Waals surface area contributed by atoms with E-state index in [1.807, 2.05) is 13.8 Å². The van der Waals surface area contributed by atoms with Crippen LogP contribution in [-0.2, 0) is 10.0 Å². The Kier molecular flexibility index (Phi) is 6.25. The van der Waals surface area contributed by atoms with Gasteiger partial charge in [0.15, 0.2) is 4.34 Å². The third-order valence-electron chi connectivity index (χ3n) is 2.92. The first kappa shape index (κ1) is 19.5. The highest BCUT2D eigenvalue weighted by Gasteiger charge is 2.21. The van der Waals surface area contributed by atoms with Crippen LogP contribution in [0.4, 0.5) is 5.13 Å². The van der Waals surface area contributed by atoms with Crippen LogP contribution >= 0.6 is 23.1 Å². The Hall–Kier alpha value is -1.85. The zero-order chi connectivity index (χ0) is 18.6. The van der Waals surface area contributed by atoms with E-state index in [4.69, 9.17) is 4.74 Å². The molecule has 2 aromatic rings. The van der Waals surface area contributed by atoms with Crippen LogP contribution in [0.5, 0.6) is 5.75 Å². The minimum atomic E-state index is -3.90. The van der Waals surface area contributed by atoms with Crippen molar-refractivity contribution in [3.05, 3.63) is 23.8 Å². The first-order valence-corrected chi connectivity index (χ1v) is 10.4. The number of amides is 1. The molecule has 0 radical (unpaired) electrons. The molecule has 1 heterocycles. The van der Waals surface area contributed by atoms with Crippen molar-refractivity contribution in [3.8, 4) is 5.75 Å². The smallest absolute Gasteiger partial charge is 0.263 e. The van der Waals surface area contributed by atoms with Crippen molar-refractivity contribution in [1.82, 2.24) is 15.5 Å². The molecule has 0 saturated heterocycles. The van der Waals surface area contributed by atoms with Crippen LogP contribution in [0.1, 0.15) is 24.2 Å². The average Bonchev–Trinajstić information content (AvgIpc) is 2.98. The van der Waals surface area contributed by atoms with Gasteiger partial charge in [-0.25, -0.2) is 8.42 Å². The number of carbonyl (C=O) groups is 1. The minimum absolute atomic E-state index is 0.0693. The topological polar surface area (TPSA) is 110 Å². The van der Waals surface area contributed by atoms with E-state index in [0.717, 1.165) is 11.3 Å². The summed E-state index contributed by atoms with van der Waals surface area (Å²) in [6, 6.07) is 4.04. The largest absolute Gasteiger partial charge is 0.496 e. The molecular formula is C14H18N4O4S3. The Morgan fingerprint density at radius 3 is 2.64 bits per heavy atom. The Balaban J connectivity index is 2.30. The number of thioether (sulfide) groups is 1. The van der Waals surface area contributed by atoms with Crippen LogP contribution in [0, 0.1) is 0 Å². The molecule has 0 aliphatic rings. The molecule has 0 fully saturated rings. The summed E-state index contributed by atoms with van der Waals surface area (Å²) >= 11 is 2.65. The molecule has 25 heavy (non-hydrogen) atoms. The zero-order valence-electron chi connectivity index (χ0n) is 14.1. The molecule has 1 aromatic heterocycles. The predicted octanol–water partition coefficient (Wildman–Crippen LogP) is 2.21. The highest BCUT2D eigenvalue weighted by atomic mass is 32.2. The summed E-state index contributed by atoms with van der Waals surface area (Å²) in [5.74, 6) is -0.162. The monoisotopic (exact) mass is 402 g/mol. The zero-order valence-corrected chi connectivity index (χ0v) is 16.5. The van der Waals surface area contributed by atoms with Gasteiger partial charge in [-0.05, 0) is 18.2 Å². The van der Waals surface area contributed by atoms with Crippen molar-refractivity contribution in [3.63, 3.8) is 0 Å². The molecule has 0 spiro atoms. The number of benzene rings is 1. The lowest BCUT2D eigenvalue weighted by molar-refractivity contribution is 0.0960. The van der Waals surface area contributed by atoms with Gasteiger partial charge in [0.25, 0.3) is 15.9 Å². The number of sulfonamides is 1. The molecule has 0 aliphatic carbocycles. The van der Waals surface area contributed by atoms with Gasteiger partial charge in [0.05, 0.1) is 17.6 Å². The van der Waals surface area contributed by atoms with Gasteiger partial charge in [-0.3, -0.25) is 9.52 Å². The van der Waals surface area contributed by atoms with Gasteiger partial charge >= 0.3 is 0 Å². The quantitative estimate of drug-likeness (QED) is 0.683. The maximum absolute atomic E-state index is 12.5. The molecule has 8 nitrogen and oxygen atoms in total. The van der Waals surface area contributed by atoms with Crippen molar-refractivity contribution in [2.24, 2.45) is 0 Å². The molecule has 2 N–H and O–H groups in total. The molecule has 0 unspecified atom stereocenters. The SMILES string of the molecule is CNC(=O)c1cc(S(=O)(=O)Nc2nnc(SC(C)C)s2)ccc1OC. The Morgan fingerprint density at radius 2 is 2.04 bits per heavy atom. The van der Waals surface area contributed by atoms with Crippen LogP contribution in [0.3, 0.4) is 0 Å². The van der Waals surface area contributed by atoms with E-state index < -0.39 is 15.9 Å². The lowest BCUT2D eigenvalue weighted by atomic mass is 10.2. The first-order chi connectivity index (χ1) is 11.8. The minimum Gasteiger partial charge on any atom is -0.496 e. The van der Waals surface area contributed by atoms with Crippen molar-refractivity contribution >= 4 is 44.2 Å². The van der Waals surface area contributed by atoms with Gasteiger partial charge in [0.2, 0.25) is 5.13 Å². The van der Waals surface area contributed by atoms with Crippen molar-refractivity contribution in [1.29, 1.82) is 0 Å². The molecule has 0 atom stereocenters. The molecule has 0 aliphatic heterocycles. The fourth-order valence-electron chi connectivity index (χ4n) is 1.84. The van der Waals surface area contributed by atoms with Gasteiger partial charge < -0.3 is 10.1 Å². The third kappa shape index (κ3) is 4.83. The average molecular weight is 403 g/mol. The second-order valence-corrected chi connectivity index (χ2v) is 9.57. The highest BCUT2D eigenvalue weighted by molar-refractivity contribution is 8.01. The molecule has 0 saturated carbocycles. The number of hydrogen-bond donors (Lipinski definition) is 2. The van der Waals surface area contributed by atoms with E-state index in [9.17, 15) is 13.2 Å². The van der Waals surface area contributed by atoms with Crippen molar-refractivity contribution in [2.75, 3.05) is 18.9 Å². The second kappa shape index (κ2) is 8.02. The molecule has 136 valence electrons. The number of anilines is 1. The predicted molar refractivity (Wildman–Crippen MR) is 98.1 cm³/mol. The molecule has 2 rings (SSSR count). The highest BCUT2D eigenvalue weighted by Crippen LogP contribution is 2.30. The summed E-state index contributed by atoms with van der Waals surface area (Å²) in [4.78, 5) is 11.8. The summed E-state index contributed by atoms with van der Waals surface area (Å²) < 4.78 is 33.2. The summed E-state index contributed by atoms with van der Waals surface area (Å²) in [7, 11) is -1.04. The fourth-order valence-corrected chi connectivity index (χ4v) is 5.07. The molecule has 1 amide bonds. The second-order valence-electron chi connectivity index (χ2n) is 5.09. The summed E-state index contributed by atoms with van der Waals surface area (Å²) in [5.41, 5.74) is 0.126. The standard InChI is InChI=1S/C14H18N4O4S3/c1-8(2)23-14-17-16-13(24-14)18-25(20,21)9-5-6-11(22-4)10(7-9)12(19)15-3/h5-8H,1-4H3,(H,15,19)(H,16,18). The number of methoxy groups -OCH3 is 1. The molecule has 0 bridgehead atoms.